The number of rotatable bonds is 4. The third-order valence-corrected chi connectivity index (χ3v) is 2.85. The van der Waals surface area contributed by atoms with Crippen LogP contribution in [-0.4, -0.2) is 13.1 Å². The lowest BCUT2D eigenvalue weighted by molar-refractivity contribution is 0.588. The molecule has 1 aromatic rings. The van der Waals surface area contributed by atoms with E-state index in [0.717, 1.165) is 13.1 Å². The molecule has 0 atom stereocenters. The molecule has 3 N–H and O–H groups in total. The Bertz CT molecular complexity index is 337. The highest BCUT2D eigenvalue weighted by molar-refractivity contribution is 5.34. The largest absolute Gasteiger partial charge is 0.329 e. The zero-order valence-corrected chi connectivity index (χ0v) is 10.9. The molecule has 0 unspecified atom stereocenters. The van der Waals surface area contributed by atoms with Crippen molar-refractivity contribution >= 4 is 0 Å². The molecule has 0 radical (unpaired) electrons. The molecule has 0 aliphatic rings. The number of nitrogens with one attached hydrogen (secondary N) is 1. The van der Waals surface area contributed by atoms with Crippen LogP contribution in [0.4, 0.5) is 0 Å². The standard InChI is InChI=1S/C14H24N2/c1-11-9-13(14(2,3)4)6-5-12(11)10-16-8-7-15/h5-6,9,16H,7-8,10,15H2,1-4H3. The highest BCUT2D eigenvalue weighted by Gasteiger charge is 2.14. The molecule has 0 spiro atoms. The van der Waals surface area contributed by atoms with Gasteiger partial charge in [-0.2, -0.15) is 0 Å². The summed E-state index contributed by atoms with van der Waals surface area (Å²) >= 11 is 0. The minimum Gasteiger partial charge on any atom is -0.329 e. The zero-order chi connectivity index (χ0) is 12.2. The second-order valence-electron chi connectivity index (χ2n) is 5.36. The monoisotopic (exact) mass is 220 g/mol. The Balaban J connectivity index is 2.76. The Morgan fingerprint density at radius 1 is 1.25 bits per heavy atom. The highest BCUT2D eigenvalue weighted by Crippen LogP contribution is 2.24. The molecule has 1 aromatic carbocycles. The minimum absolute atomic E-state index is 0.230. The summed E-state index contributed by atoms with van der Waals surface area (Å²) in [5.41, 5.74) is 9.80. The van der Waals surface area contributed by atoms with Crippen LogP contribution >= 0.6 is 0 Å². The van der Waals surface area contributed by atoms with Crippen LogP contribution in [-0.2, 0) is 12.0 Å². The van der Waals surface area contributed by atoms with Crippen molar-refractivity contribution < 1.29 is 0 Å². The number of benzene rings is 1. The van der Waals surface area contributed by atoms with Crippen LogP contribution in [0.2, 0.25) is 0 Å². The van der Waals surface area contributed by atoms with Gasteiger partial charge in [-0.25, -0.2) is 0 Å². The molecule has 0 bridgehead atoms. The molecule has 0 aliphatic heterocycles. The van der Waals surface area contributed by atoms with Crippen molar-refractivity contribution in [3.63, 3.8) is 0 Å². The minimum atomic E-state index is 0.230. The molecule has 0 aliphatic carbocycles. The first-order valence-corrected chi connectivity index (χ1v) is 5.96. The van der Waals surface area contributed by atoms with Crippen molar-refractivity contribution in [3.05, 3.63) is 34.9 Å². The van der Waals surface area contributed by atoms with Crippen LogP contribution in [0.5, 0.6) is 0 Å². The maximum atomic E-state index is 5.45. The van der Waals surface area contributed by atoms with Gasteiger partial charge >= 0.3 is 0 Å². The van der Waals surface area contributed by atoms with Gasteiger partial charge < -0.3 is 11.1 Å². The molecule has 0 saturated carbocycles. The molecule has 0 heterocycles. The zero-order valence-electron chi connectivity index (χ0n) is 10.9. The van der Waals surface area contributed by atoms with E-state index in [1.54, 1.807) is 0 Å². The van der Waals surface area contributed by atoms with E-state index in [-0.39, 0.29) is 5.41 Å². The van der Waals surface area contributed by atoms with Gasteiger partial charge in [-0.05, 0) is 29.0 Å². The lowest BCUT2D eigenvalue weighted by atomic mass is 9.85. The van der Waals surface area contributed by atoms with Crippen molar-refractivity contribution in [1.82, 2.24) is 5.32 Å². The highest BCUT2D eigenvalue weighted by atomic mass is 14.9. The normalized spacial score (nSPS) is 11.8. The van der Waals surface area contributed by atoms with Crippen LogP contribution in [0.25, 0.3) is 0 Å². The van der Waals surface area contributed by atoms with Gasteiger partial charge in [0.15, 0.2) is 0 Å². The SMILES string of the molecule is Cc1cc(C(C)(C)C)ccc1CNCCN. The van der Waals surface area contributed by atoms with Crippen LogP contribution in [0.15, 0.2) is 18.2 Å². The van der Waals surface area contributed by atoms with Crippen LogP contribution < -0.4 is 11.1 Å². The van der Waals surface area contributed by atoms with E-state index in [1.165, 1.54) is 16.7 Å². The second-order valence-corrected chi connectivity index (χ2v) is 5.36. The Hall–Kier alpha value is -0.860. The van der Waals surface area contributed by atoms with E-state index in [0.29, 0.717) is 6.54 Å². The molecule has 0 amide bonds. The average molecular weight is 220 g/mol. The van der Waals surface area contributed by atoms with E-state index >= 15 is 0 Å². The van der Waals surface area contributed by atoms with Crippen molar-refractivity contribution in [3.8, 4) is 0 Å². The molecular formula is C14H24N2. The first-order valence-electron chi connectivity index (χ1n) is 5.96. The van der Waals surface area contributed by atoms with Crippen LogP contribution in [0, 0.1) is 6.92 Å². The third-order valence-electron chi connectivity index (χ3n) is 2.85. The van der Waals surface area contributed by atoms with Gasteiger partial charge in [-0.15, -0.1) is 0 Å². The maximum absolute atomic E-state index is 5.45. The molecule has 16 heavy (non-hydrogen) atoms. The number of hydrogen-bond acceptors (Lipinski definition) is 2. The number of hydrogen-bond donors (Lipinski definition) is 2. The summed E-state index contributed by atoms with van der Waals surface area (Å²) in [6.45, 7) is 11.4. The Kier molecular flexibility index (Phi) is 4.51. The molecule has 0 fully saturated rings. The Labute approximate surface area is 99.2 Å². The van der Waals surface area contributed by atoms with E-state index in [9.17, 15) is 0 Å². The van der Waals surface area contributed by atoms with Crippen LogP contribution in [0.1, 0.15) is 37.5 Å². The Morgan fingerprint density at radius 2 is 1.94 bits per heavy atom. The first kappa shape index (κ1) is 13.2. The fourth-order valence-corrected chi connectivity index (χ4v) is 1.69. The molecule has 0 saturated heterocycles. The summed E-state index contributed by atoms with van der Waals surface area (Å²) in [5, 5.41) is 3.33. The molecule has 2 heteroatoms. The Morgan fingerprint density at radius 3 is 2.44 bits per heavy atom. The summed E-state index contributed by atoms with van der Waals surface area (Å²) in [6, 6.07) is 6.74. The van der Waals surface area contributed by atoms with Crippen molar-refractivity contribution in [2.75, 3.05) is 13.1 Å². The van der Waals surface area contributed by atoms with Gasteiger partial charge in [0.05, 0.1) is 0 Å². The molecule has 90 valence electrons. The quantitative estimate of drug-likeness (QED) is 0.764. The smallest absolute Gasteiger partial charge is 0.0208 e. The van der Waals surface area contributed by atoms with Gasteiger partial charge in [-0.1, -0.05) is 39.0 Å². The van der Waals surface area contributed by atoms with Gasteiger partial charge in [0.2, 0.25) is 0 Å². The van der Waals surface area contributed by atoms with Gasteiger partial charge in [-0.3, -0.25) is 0 Å². The molecule has 0 aromatic heterocycles. The first-order chi connectivity index (χ1) is 7.45. The number of nitrogens with two attached hydrogens (primary N) is 1. The summed E-state index contributed by atoms with van der Waals surface area (Å²) < 4.78 is 0. The van der Waals surface area contributed by atoms with Crippen molar-refractivity contribution in [2.45, 2.75) is 39.7 Å². The summed E-state index contributed by atoms with van der Waals surface area (Å²) in [6.07, 6.45) is 0. The summed E-state index contributed by atoms with van der Waals surface area (Å²) in [5.74, 6) is 0. The fourth-order valence-electron chi connectivity index (χ4n) is 1.69. The third kappa shape index (κ3) is 3.62. The summed E-state index contributed by atoms with van der Waals surface area (Å²) in [7, 11) is 0. The predicted octanol–water partition coefficient (Wildman–Crippen LogP) is 2.34. The van der Waals surface area contributed by atoms with E-state index in [4.69, 9.17) is 5.73 Å². The molecular weight excluding hydrogens is 196 g/mol. The average Bonchev–Trinajstić information content (AvgIpc) is 2.19. The van der Waals surface area contributed by atoms with Gasteiger partial charge in [0, 0.05) is 19.6 Å². The van der Waals surface area contributed by atoms with Gasteiger partial charge in [0.1, 0.15) is 0 Å². The van der Waals surface area contributed by atoms with E-state index in [1.807, 2.05) is 0 Å². The second kappa shape index (κ2) is 5.46. The number of aryl methyl sites for hydroxylation is 1. The summed E-state index contributed by atoms with van der Waals surface area (Å²) in [4.78, 5) is 0. The predicted molar refractivity (Wildman–Crippen MR) is 70.6 cm³/mol. The lowest BCUT2D eigenvalue weighted by Gasteiger charge is -2.20. The van der Waals surface area contributed by atoms with Crippen molar-refractivity contribution in [1.29, 1.82) is 0 Å². The van der Waals surface area contributed by atoms with E-state index in [2.05, 4.69) is 51.2 Å². The maximum Gasteiger partial charge on any atom is 0.0208 e. The van der Waals surface area contributed by atoms with Gasteiger partial charge in [0.25, 0.3) is 0 Å². The lowest BCUT2D eigenvalue weighted by Crippen LogP contribution is -2.22. The fraction of sp³-hybridized carbons (Fsp3) is 0.571. The van der Waals surface area contributed by atoms with Crippen molar-refractivity contribution in [2.24, 2.45) is 5.73 Å². The molecule has 1 rings (SSSR count). The van der Waals surface area contributed by atoms with Crippen LogP contribution in [0.3, 0.4) is 0 Å². The van der Waals surface area contributed by atoms with E-state index < -0.39 is 0 Å². The topological polar surface area (TPSA) is 38.0 Å². The molecule has 2 nitrogen and oxygen atoms in total.